The highest BCUT2D eigenvalue weighted by Crippen LogP contribution is 2.23. The molecule has 28 heavy (non-hydrogen) atoms. The Balaban J connectivity index is 2.05. The van der Waals surface area contributed by atoms with Crippen molar-refractivity contribution in [3.05, 3.63) is 75.3 Å². The molecule has 3 N–H and O–H groups in total. The fraction of sp³-hybridized carbons (Fsp3) is 0.143. The van der Waals surface area contributed by atoms with E-state index >= 15 is 0 Å². The van der Waals surface area contributed by atoms with Crippen molar-refractivity contribution in [1.82, 2.24) is 19.5 Å². The number of hydrogen-bond donors (Lipinski definition) is 2. The van der Waals surface area contributed by atoms with Gasteiger partial charge in [0.05, 0.1) is 5.69 Å². The Hall–Kier alpha value is -3.74. The van der Waals surface area contributed by atoms with E-state index in [0.29, 0.717) is 17.2 Å². The van der Waals surface area contributed by atoms with Crippen molar-refractivity contribution in [2.24, 2.45) is 5.73 Å². The molecule has 0 bridgehead atoms. The fourth-order valence-electron chi connectivity index (χ4n) is 3.10. The zero-order valence-corrected chi connectivity index (χ0v) is 15.8. The Labute approximate surface area is 160 Å². The van der Waals surface area contributed by atoms with Crippen LogP contribution in [-0.2, 0) is 0 Å². The molecule has 2 aromatic carbocycles. The molecule has 2 aromatic heterocycles. The molecule has 7 heteroatoms. The molecule has 0 unspecified atom stereocenters. The number of nitrogens with zero attached hydrogens (tertiary/aromatic N) is 3. The van der Waals surface area contributed by atoms with E-state index in [1.807, 2.05) is 63.2 Å². The topological polar surface area (TPSA) is 107 Å². The Bertz CT molecular complexity index is 1280. The van der Waals surface area contributed by atoms with Gasteiger partial charge >= 0.3 is 5.69 Å². The molecule has 0 fully saturated rings. The van der Waals surface area contributed by atoms with Crippen molar-refractivity contribution in [3.8, 4) is 17.1 Å². The number of aryl methyl sites for hydroxylation is 3. The first kappa shape index (κ1) is 17.7. The average molecular weight is 373 g/mol. The number of carbonyl (C=O) groups excluding carboxylic acids is 1. The molecule has 2 heterocycles. The first-order valence-electron chi connectivity index (χ1n) is 8.82. The van der Waals surface area contributed by atoms with Gasteiger partial charge in [-0.2, -0.15) is 0 Å². The summed E-state index contributed by atoms with van der Waals surface area (Å²) in [6.07, 6.45) is 0. The number of primary amides is 1. The van der Waals surface area contributed by atoms with Crippen molar-refractivity contribution in [2.75, 3.05) is 0 Å². The molecule has 0 aliphatic heterocycles. The molecule has 0 radical (unpaired) electrons. The lowest BCUT2D eigenvalue weighted by atomic mass is 10.1. The van der Waals surface area contributed by atoms with Crippen LogP contribution in [0.25, 0.3) is 28.2 Å². The third-order valence-corrected chi connectivity index (χ3v) is 4.83. The molecule has 140 valence electrons. The smallest absolute Gasteiger partial charge is 0.332 e. The summed E-state index contributed by atoms with van der Waals surface area (Å²) in [6, 6.07) is 13.3. The lowest BCUT2D eigenvalue weighted by Gasteiger charge is -2.08. The van der Waals surface area contributed by atoms with Crippen LogP contribution >= 0.6 is 0 Å². The number of nitrogens with two attached hydrogens (primary N) is 1. The molecule has 7 nitrogen and oxygen atoms in total. The van der Waals surface area contributed by atoms with Crippen LogP contribution in [0, 0.1) is 20.8 Å². The maximum absolute atomic E-state index is 12.7. The highest BCUT2D eigenvalue weighted by atomic mass is 16.2. The summed E-state index contributed by atoms with van der Waals surface area (Å²) in [5, 5.41) is 0. The summed E-state index contributed by atoms with van der Waals surface area (Å²) in [7, 11) is 0. The summed E-state index contributed by atoms with van der Waals surface area (Å²) >= 11 is 0. The van der Waals surface area contributed by atoms with E-state index in [0.717, 1.165) is 22.3 Å². The highest BCUT2D eigenvalue weighted by molar-refractivity contribution is 6.02. The number of amides is 1. The Morgan fingerprint density at radius 1 is 1.00 bits per heavy atom. The lowest BCUT2D eigenvalue weighted by molar-refractivity contribution is 0.0997. The number of hydrogen-bond acceptors (Lipinski definition) is 4. The summed E-state index contributed by atoms with van der Waals surface area (Å²) in [6.45, 7) is 5.95. The van der Waals surface area contributed by atoms with Crippen LogP contribution < -0.4 is 11.4 Å². The van der Waals surface area contributed by atoms with Crippen LogP contribution in [0.15, 0.2) is 47.3 Å². The van der Waals surface area contributed by atoms with Crippen LogP contribution in [0.3, 0.4) is 0 Å². The molecule has 4 aromatic rings. The predicted molar refractivity (Wildman–Crippen MR) is 108 cm³/mol. The number of carbonyl (C=O) groups is 1. The first-order chi connectivity index (χ1) is 13.3. The summed E-state index contributed by atoms with van der Waals surface area (Å²) in [4.78, 5) is 36.3. The van der Waals surface area contributed by atoms with Gasteiger partial charge in [0, 0.05) is 5.56 Å². The number of benzene rings is 2. The minimum absolute atomic E-state index is 0.0136. The zero-order valence-electron chi connectivity index (χ0n) is 15.8. The molecule has 4 rings (SSSR count). The van der Waals surface area contributed by atoms with Gasteiger partial charge < -0.3 is 10.7 Å². The van der Waals surface area contributed by atoms with Gasteiger partial charge in [0.25, 0.3) is 5.91 Å². The van der Waals surface area contributed by atoms with Crippen LogP contribution in [-0.4, -0.2) is 25.4 Å². The van der Waals surface area contributed by atoms with Crippen molar-refractivity contribution < 1.29 is 4.79 Å². The van der Waals surface area contributed by atoms with Gasteiger partial charge in [0.2, 0.25) is 0 Å². The predicted octanol–water partition coefficient (Wildman–Crippen LogP) is 2.80. The molecular weight excluding hydrogens is 354 g/mol. The SMILES string of the molecule is Cc1ccc(-c2nc(C(N)=O)c3[nH]c(=O)n(-c4ccc(C)c(C)c4)c3n2)cc1. The monoisotopic (exact) mass is 373 g/mol. The molecule has 0 saturated heterocycles. The van der Waals surface area contributed by atoms with Gasteiger partial charge in [-0.15, -0.1) is 0 Å². The van der Waals surface area contributed by atoms with E-state index in [2.05, 4.69) is 15.0 Å². The van der Waals surface area contributed by atoms with Crippen molar-refractivity contribution in [2.45, 2.75) is 20.8 Å². The van der Waals surface area contributed by atoms with Gasteiger partial charge in [0.15, 0.2) is 17.2 Å². The van der Waals surface area contributed by atoms with E-state index in [-0.39, 0.29) is 11.2 Å². The Morgan fingerprint density at radius 3 is 2.36 bits per heavy atom. The summed E-state index contributed by atoms with van der Waals surface area (Å²) < 4.78 is 1.44. The molecule has 1 amide bonds. The van der Waals surface area contributed by atoms with Crippen LogP contribution in [0.1, 0.15) is 27.2 Å². The normalized spacial score (nSPS) is 11.1. The zero-order chi connectivity index (χ0) is 20.0. The maximum Gasteiger partial charge on any atom is 0.332 e. The number of imidazole rings is 1. The number of aromatic amines is 1. The van der Waals surface area contributed by atoms with Crippen molar-refractivity contribution >= 4 is 17.1 Å². The molecule has 0 saturated carbocycles. The molecule has 0 spiro atoms. The second kappa shape index (κ2) is 6.45. The van der Waals surface area contributed by atoms with Crippen LogP contribution in [0.2, 0.25) is 0 Å². The van der Waals surface area contributed by atoms with E-state index in [1.54, 1.807) is 0 Å². The largest absolute Gasteiger partial charge is 0.364 e. The molecule has 0 aliphatic rings. The van der Waals surface area contributed by atoms with Gasteiger partial charge in [0.1, 0.15) is 5.52 Å². The third kappa shape index (κ3) is 2.87. The minimum Gasteiger partial charge on any atom is -0.364 e. The second-order valence-corrected chi connectivity index (χ2v) is 6.86. The second-order valence-electron chi connectivity index (χ2n) is 6.86. The standard InChI is InChI=1S/C21H19N5O2/c1-11-4-7-14(8-5-11)19-23-16(18(22)27)17-20(25-19)26(21(28)24-17)15-9-6-12(2)13(3)10-15/h4-10H,1-3H3,(H2,22,27)(H,24,28). The van der Waals surface area contributed by atoms with Gasteiger partial charge in [-0.1, -0.05) is 35.9 Å². The summed E-state index contributed by atoms with van der Waals surface area (Å²) in [5.74, 6) is -0.396. The highest BCUT2D eigenvalue weighted by Gasteiger charge is 2.20. The van der Waals surface area contributed by atoms with E-state index < -0.39 is 11.6 Å². The third-order valence-electron chi connectivity index (χ3n) is 4.83. The van der Waals surface area contributed by atoms with Crippen molar-refractivity contribution in [3.63, 3.8) is 0 Å². The number of aromatic nitrogens is 4. The first-order valence-corrected chi connectivity index (χ1v) is 8.82. The lowest BCUT2D eigenvalue weighted by Crippen LogP contribution is -2.15. The maximum atomic E-state index is 12.7. The fourth-order valence-corrected chi connectivity index (χ4v) is 3.10. The minimum atomic E-state index is -0.728. The van der Waals surface area contributed by atoms with Crippen LogP contribution in [0.5, 0.6) is 0 Å². The quantitative estimate of drug-likeness (QED) is 0.576. The molecule has 0 aliphatic carbocycles. The number of fused-ring (bicyclic) bond motifs is 1. The van der Waals surface area contributed by atoms with Crippen LogP contribution in [0.4, 0.5) is 0 Å². The Kier molecular flexibility index (Phi) is 4.07. The Morgan fingerprint density at radius 2 is 1.71 bits per heavy atom. The number of H-pyrrole nitrogens is 1. The van der Waals surface area contributed by atoms with Crippen molar-refractivity contribution in [1.29, 1.82) is 0 Å². The van der Waals surface area contributed by atoms with E-state index in [1.165, 1.54) is 4.57 Å². The van der Waals surface area contributed by atoms with Gasteiger partial charge in [-0.25, -0.2) is 19.3 Å². The summed E-state index contributed by atoms with van der Waals surface area (Å²) in [5.41, 5.74) is 10.3. The van der Waals surface area contributed by atoms with E-state index in [4.69, 9.17) is 5.73 Å². The average Bonchev–Trinajstić information content (AvgIpc) is 2.99. The molecular formula is C21H19N5O2. The molecule has 0 atom stereocenters. The van der Waals surface area contributed by atoms with Gasteiger partial charge in [-0.3, -0.25) is 4.79 Å². The van der Waals surface area contributed by atoms with Gasteiger partial charge in [-0.05, 0) is 44.0 Å². The number of nitrogens with one attached hydrogen (secondary N) is 1. The van der Waals surface area contributed by atoms with E-state index in [9.17, 15) is 9.59 Å². The number of rotatable bonds is 3.